The Morgan fingerprint density at radius 3 is 2.52 bits per heavy atom. The summed E-state index contributed by atoms with van der Waals surface area (Å²) in [5, 5.41) is 2.19. The Balaban J connectivity index is 1.90. The predicted octanol–water partition coefficient (Wildman–Crippen LogP) is 2.76. The molecule has 1 aliphatic heterocycles. The number of barbiturate groups is 1. The molecule has 1 heterocycles. The van der Waals surface area contributed by atoms with Gasteiger partial charge in [-0.2, -0.15) is 0 Å². The van der Waals surface area contributed by atoms with E-state index in [4.69, 9.17) is 15.9 Å². The summed E-state index contributed by atoms with van der Waals surface area (Å²) in [5.74, 6) is 1.98. The first-order valence-corrected chi connectivity index (χ1v) is 8.84. The van der Waals surface area contributed by atoms with Gasteiger partial charge in [0.1, 0.15) is 23.7 Å². The number of terminal acetylenes is 1. The highest BCUT2D eigenvalue weighted by Crippen LogP contribution is 2.25. The van der Waals surface area contributed by atoms with Crippen LogP contribution >= 0.6 is 0 Å². The first-order valence-electron chi connectivity index (χ1n) is 8.84. The second-order valence-corrected chi connectivity index (χ2v) is 5.95. The second kappa shape index (κ2) is 8.76. The summed E-state index contributed by atoms with van der Waals surface area (Å²) in [7, 11) is 0. The molecule has 2 aromatic carbocycles. The number of imide groups is 2. The maximum Gasteiger partial charge on any atom is 0.335 e. The van der Waals surface area contributed by atoms with E-state index >= 15 is 0 Å². The van der Waals surface area contributed by atoms with Crippen LogP contribution in [0.5, 0.6) is 11.5 Å². The normalized spacial score (nSPS) is 15.1. The smallest absolute Gasteiger partial charge is 0.335 e. The molecule has 0 radical (unpaired) electrons. The van der Waals surface area contributed by atoms with E-state index in [2.05, 4.69) is 11.2 Å². The molecular formula is C22H18N2O5. The number of carbonyl (C=O) groups excluding carboxylic acids is 3. The summed E-state index contributed by atoms with van der Waals surface area (Å²) < 4.78 is 10.7. The van der Waals surface area contributed by atoms with Crippen LogP contribution in [0, 0.1) is 12.3 Å². The molecule has 1 fully saturated rings. The minimum absolute atomic E-state index is 0.0967. The van der Waals surface area contributed by atoms with Crippen LogP contribution in [0.4, 0.5) is 10.5 Å². The lowest BCUT2D eigenvalue weighted by molar-refractivity contribution is -0.122. The third-order valence-corrected chi connectivity index (χ3v) is 4.00. The minimum Gasteiger partial charge on any atom is -0.494 e. The first-order chi connectivity index (χ1) is 14.0. The zero-order valence-corrected chi connectivity index (χ0v) is 15.7. The van der Waals surface area contributed by atoms with Gasteiger partial charge in [0.05, 0.1) is 12.3 Å². The van der Waals surface area contributed by atoms with E-state index in [1.165, 1.54) is 6.08 Å². The van der Waals surface area contributed by atoms with Gasteiger partial charge in [-0.1, -0.05) is 18.1 Å². The third-order valence-electron chi connectivity index (χ3n) is 4.00. The highest BCUT2D eigenvalue weighted by atomic mass is 16.5. The van der Waals surface area contributed by atoms with Gasteiger partial charge in [-0.25, -0.2) is 9.69 Å². The monoisotopic (exact) mass is 390 g/mol. The topological polar surface area (TPSA) is 84.9 Å². The van der Waals surface area contributed by atoms with Crippen molar-refractivity contribution in [2.75, 3.05) is 18.1 Å². The van der Waals surface area contributed by atoms with Gasteiger partial charge in [-0.15, -0.1) is 6.42 Å². The van der Waals surface area contributed by atoms with Crippen LogP contribution in [0.1, 0.15) is 12.5 Å². The van der Waals surface area contributed by atoms with E-state index in [1.54, 1.807) is 48.5 Å². The summed E-state index contributed by atoms with van der Waals surface area (Å²) >= 11 is 0. The Kier molecular flexibility index (Phi) is 5.95. The maximum atomic E-state index is 12.9. The first kappa shape index (κ1) is 19.7. The fraction of sp³-hybridized carbons (Fsp3) is 0.136. The Hall–Kier alpha value is -4.05. The van der Waals surface area contributed by atoms with Crippen molar-refractivity contribution in [1.82, 2.24) is 5.32 Å². The van der Waals surface area contributed by atoms with Gasteiger partial charge in [-0.3, -0.25) is 14.9 Å². The molecule has 3 rings (SSSR count). The van der Waals surface area contributed by atoms with Crippen molar-refractivity contribution in [1.29, 1.82) is 0 Å². The number of ether oxygens (including phenoxy) is 2. The number of nitrogens with one attached hydrogen (secondary N) is 1. The van der Waals surface area contributed by atoms with E-state index < -0.39 is 17.8 Å². The number of benzene rings is 2. The largest absolute Gasteiger partial charge is 0.494 e. The van der Waals surface area contributed by atoms with Crippen molar-refractivity contribution in [3.8, 4) is 23.8 Å². The van der Waals surface area contributed by atoms with Crippen molar-refractivity contribution in [2.45, 2.75) is 6.92 Å². The van der Waals surface area contributed by atoms with E-state index in [0.717, 1.165) is 4.90 Å². The molecule has 29 heavy (non-hydrogen) atoms. The van der Waals surface area contributed by atoms with Crippen molar-refractivity contribution in [3.05, 3.63) is 59.7 Å². The molecule has 0 unspecified atom stereocenters. The van der Waals surface area contributed by atoms with Gasteiger partial charge < -0.3 is 9.47 Å². The van der Waals surface area contributed by atoms with Gasteiger partial charge in [0.25, 0.3) is 11.8 Å². The SMILES string of the molecule is C#CCOc1cccc(/C=C2/C(=O)NC(=O)N(c3ccc(OCC)cc3)C2=O)c1. The molecule has 1 aliphatic rings. The van der Waals surface area contributed by atoms with Crippen molar-refractivity contribution >= 4 is 29.6 Å². The van der Waals surface area contributed by atoms with Crippen LogP contribution < -0.4 is 19.7 Å². The molecule has 4 amide bonds. The highest BCUT2D eigenvalue weighted by molar-refractivity contribution is 6.39. The highest BCUT2D eigenvalue weighted by Gasteiger charge is 2.36. The molecule has 0 bridgehead atoms. The van der Waals surface area contributed by atoms with Crippen LogP contribution in [0.15, 0.2) is 54.1 Å². The Morgan fingerprint density at radius 2 is 1.83 bits per heavy atom. The van der Waals surface area contributed by atoms with Crippen molar-refractivity contribution < 1.29 is 23.9 Å². The number of nitrogens with zero attached hydrogens (tertiary/aromatic N) is 1. The van der Waals surface area contributed by atoms with Crippen molar-refractivity contribution in [2.24, 2.45) is 0 Å². The van der Waals surface area contributed by atoms with Crippen LogP contribution in [0.2, 0.25) is 0 Å². The average Bonchev–Trinajstić information content (AvgIpc) is 2.71. The van der Waals surface area contributed by atoms with Crippen LogP contribution in [0.25, 0.3) is 6.08 Å². The van der Waals surface area contributed by atoms with E-state index in [0.29, 0.717) is 29.4 Å². The Labute approximate surface area is 167 Å². The van der Waals surface area contributed by atoms with Crippen LogP contribution in [-0.4, -0.2) is 31.1 Å². The molecule has 7 heteroatoms. The number of hydrogen-bond acceptors (Lipinski definition) is 5. The molecule has 7 nitrogen and oxygen atoms in total. The molecule has 0 atom stereocenters. The lowest BCUT2D eigenvalue weighted by Crippen LogP contribution is -2.54. The van der Waals surface area contributed by atoms with Gasteiger partial charge in [0.2, 0.25) is 0 Å². The van der Waals surface area contributed by atoms with E-state index in [1.807, 2.05) is 6.92 Å². The predicted molar refractivity (Wildman–Crippen MR) is 107 cm³/mol. The number of hydrogen-bond donors (Lipinski definition) is 1. The standard InChI is InChI=1S/C22H18N2O5/c1-3-12-29-18-7-5-6-15(13-18)14-19-20(25)23-22(27)24(21(19)26)16-8-10-17(11-9-16)28-4-2/h1,5-11,13-14H,4,12H2,2H3,(H,23,25,27)/b19-14-. The Morgan fingerprint density at radius 1 is 1.07 bits per heavy atom. The molecule has 0 saturated carbocycles. The van der Waals surface area contributed by atoms with Crippen LogP contribution in [0.3, 0.4) is 0 Å². The molecule has 1 saturated heterocycles. The summed E-state index contributed by atoms with van der Waals surface area (Å²) in [6, 6.07) is 12.4. The summed E-state index contributed by atoms with van der Waals surface area (Å²) in [5.41, 5.74) is 0.701. The molecular weight excluding hydrogens is 372 g/mol. The zero-order chi connectivity index (χ0) is 20.8. The van der Waals surface area contributed by atoms with Gasteiger partial charge in [-0.05, 0) is 55.0 Å². The summed E-state index contributed by atoms with van der Waals surface area (Å²) in [4.78, 5) is 38.3. The Bertz CT molecular complexity index is 1020. The van der Waals surface area contributed by atoms with Crippen LogP contribution in [-0.2, 0) is 9.59 Å². The van der Waals surface area contributed by atoms with E-state index in [9.17, 15) is 14.4 Å². The quantitative estimate of drug-likeness (QED) is 0.466. The second-order valence-electron chi connectivity index (χ2n) is 5.95. The fourth-order valence-electron chi connectivity index (χ4n) is 2.74. The lowest BCUT2D eigenvalue weighted by atomic mass is 10.1. The molecule has 0 aliphatic carbocycles. The van der Waals surface area contributed by atoms with Gasteiger partial charge in [0.15, 0.2) is 0 Å². The number of urea groups is 1. The van der Waals surface area contributed by atoms with Gasteiger partial charge in [0, 0.05) is 0 Å². The molecule has 146 valence electrons. The van der Waals surface area contributed by atoms with E-state index in [-0.39, 0.29) is 12.2 Å². The molecule has 0 spiro atoms. The lowest BCUT2D eigenvalue weighted by Gasteiger charge is -2.26. The molecule has 1 N–H and O–H groups in total. The number of rotatable bonds is 6. The number of amides is 4. The summed E-state index contributed by atoms with van der Waals surface area (Å²) in [6.07, 6.45) is 6.58. The number of anilines is 1. The van der Waals surface area contributed by atoms with Crippen molar-refractivity contribution in [3.63, 3.8) is 0 Å². The molecule has 0 aromatic heterocycles. The summed E-state index contributed by atoms with van der Waals surface area (Å²) in [6.45, 7) is 2.44. The average molecular weight is 390 g/mol. The zero-order valence-electron chi connectivity index (χ0n) is 15.7. The fourth-order valence-corrected chi connectivity index (χ4v) is 2.74. The molecule has 2 aromatic rings. The minimum atomic E-state index is -0.813. The number of carbonyl (C=O) groups is 3. The van der Waals surface area contributed by atoms with Gasteiger partial charge >= 0.3 is 6.03 Å². The third kappa shape index (κ3) is 4.45. The maximum absolute atomic E-state index is 12.9.